The Morgan fingerprint density at radius 3 is 2.76 bits per heavy atom. The molecule has 0 aromatic carbocycles. The quantitative estimate of drug-likeness (QED) is 0.674. The van der Waals surface area contributed by atoms with Crippen LogP contribution in [0.25, 0.3) is 0 Å². The first-order valence-corrected chi connectivity index (χ1v) is 7.55. The van der Waals surface area contributed by atoms with Gasteiger partial charge in [0.2, 0.25) is 5.91 Å². The molecule has 2 heterocycles. The minimum atomic E-state index is -0.104. The van der Waals surface area contributed by atoms with Crippen LogP contribution >= 0.6 is 11.8 Å². The number of nitrogens with two attached hydrogens (primary N) is 1. The maximum absolute atomic E-state index is 12.0. The van der Waals surface area contributed by atoms with Gasteiger partial charge in [-0.25, -0.2) is 0 Å². The summed E-state index contributed by atoms with van der Waals surface area (Å²) in [5, 5.41) is 18.5. The van der Waals surface area contributed by atoms with Crippen molar-refractivity contribution in [3.8, 4) is 0 Å². The van der Waals surface area contributed by atoms with Crippen LogP contribution in [0.1, 0.15) is 17.2 Å². The average Bonchev–Trinajstić information content (AvgIpc) is 2.95. The summed E-state index contributed by atoms with van der Waals surface area (Å²) >= 11 is 1.34. The number of aromatic amines is 1. The van der Waals surface area contributed by atoms with Crippen LogP contribution in [-0.2, 0) is 11.3 Å². The Morgan fingerprint density at radius 1 is 1.38 bits per heavy atom. The monoisotopic (exact) mass is 309 g/mol. The Hall–Kier alpha value is -1.87. The number of nitrogens with one attached hydrogen (secondary N) is 2. The number of H-pyrrole nitrogens is 1. The number of anilines is 1. The van der Waals surface area contributed by atoms with E-state index < -0.39 is 0 Å². The molecule has 0 saturated heterocycles. The van der Waals surface area contributed by atoms with Crippen LogP contribution in [0.2, 0.25) is 0 Å². The topological polar surface area (TPSA) is 115 Å². The Morgan fingerprint density at radius 2 is 2.14 bits per heavy atom. The molecule has 2 aromatic rings. The molecule has 8 nitrogen and oxygen atoms in total. The summed E-state index contributed by atoms with van der Waals surface area (Å²) in [5.41, 5.74) is 7.91. The van der Waals surface area contributed by atoms with E-state index in [0.717, 1.165) is 22.9 Å². The molecule has 0 aliphatic carbocycles. The molecule has 114 valence electrons. The number of nitrogens with zero attached hydrogens (tertiary/aromatic N) is 4. The van der Waals surface area contributed by atoms with E-state index in [4.69, 9.17) is 5.73 Å². The zero-order chi connectivity index (χ0) is 15.4. The van der Waals surface area contributed by atoms with Crippen LogP contribution in [0, 0.1) is 20.8 Å². The molecule has 2 rings (SSSR count). The van der Waals surface area contributed by atoms with E-state index in [-0.39, 0.29) is 11.7 Å². The number of hydrogen-bond acceptors (Lipinski definition) is 6. The third-order valence-corrected chi connectivity index (χ3v) is 3.95. The van der Waals surface area contributed by atoms with Gasteiger partial charge in [-0.05, 0) is 20.8 Å². The molecule has 0 spiro atoms. The number of hydrogen-bond donors (Lipinski definition) is 3. The highest BCUT2D eigenvalue weighted by atomic mass is 32.2. The molecule has 0 aliphatic heterocycles. The number of aromatic nitrogens is 5. The van der Waals surface area contributed by atoms with E-state index in [1.807, 2.05) is 25.3 Å². The highest BCUT2D eigenvalue weighted by molar-refractivity contribution is 7.99. The van der Waals surface area contributed by atoms with E-state index in [2.05, 4.69) is 25.7 Å². The van der Waals surface area contributed by atoms with Gasteiger partial charge in [0.1, 0.15) is 5.82 Å². The molecule has 0 unspecified atom stereocenters. The second-order valence-electron chi connectivity index (χ2n) is 4.62. The maximum atomic E-state index is 12.0. The molecular formula is C12H19N7OS. The van der Waals surface area contributed by atoms with Crippen molar-refractivity contribution >= 4 is 23.4 Å². The molecule has 4 N–H and O–H groups in total. The van der Waals surface area contributed by atoms with Crippen molar-refractivity contribution in [1.82, 2.24) is 25.0 Å². The van der Waals surface area contributed by atoms with Gasteiger partial charge in [-0.2, -0.15) is 5.10 Å². The van der Waals surface area contributed by atoms with Crippen LogP contribution in [0.5, 0.6) is 0 Å². The number of thioether (sulfide) groups is 1. The third kappa shape index (κ3) is 3.61. The Bertz CT molecular complexity index is 614. The van der Waals surface area contributed by atoms with E-state index in [1.165, 1.54) is 11.8 Å². The molecule has 0 fully saturated rings. The first-order valence-electron chi connectivity index (χ1n) is 6.57. The fraction of sp³-hybridized carbons (Fsp3) is 0.500. The average molecular weight is 309 g/mol. The van der Waals surface area contributed by atoms with E-state index >= 15 is 0 Å². The smallest absolute Gasteiger partial charge is 0.234 e. The lowest BCUT2D eigenvalue weighted by molar-refractivity contribution is -0.113. The molecule has 9 heteroatoms. The van der Waals surface area contributed by atoms with Crippen molar-refractivity contribution in [3.63, 3.8) is 0 Å². The normalized spacial score (nSPS) is 10.9. The summed E-state index contributed by atoms with van der Waals surface area (Å²) in [6.45, 7) is 6.72. The maximum Gasteiger partial charge on any atom is 0.234 e. The summed E-state index contributed by atoms with van der Waals surface area (Å²) in [6.07, 6.45) is 0. The molecule has 1 amide bonds. The molecule has 0 aliphatic rings. The van der Waals surface area contributed by atoms with E-state index in [0.29, 0.717) is 18.2 Å². The van der Waals surface area contributed by atoms with Gasteiger partial charge in [-0.3, -0.25) is 9.89 Å². The summed E-state index contributed by atoms with van der Waals surface area (Å²) in [5.74, 6) is 0.949. The fourth-order valence-corrected chi connectivity index (χ4v) is 2.71. The van der Waals surface area contributed by atoms with Gasteiger partial charge in [0, 0.05) is 13.1 Å². The Kier molecular flexibility index (Phi) is 4.97. The molecule has 0 atom stereocenters. The van der Waals surface area contributed by atoms with Gasteiger partial charge < -0.3 is 15.6 Å². The van der Waals surface area contributed by atoms with Gasteiger partial charge in [0.25, 0.3) is 0 Å². The predicted octanol–water partition coefficient (Wildman–Crippen LogP) is 0.616. The summed E-state index contributed by atoms with van der Waals surface area (Å²) in [4.78, 5) is 12.0. The zero-order valence-electron chi connectivity index (χ0n) is 12.3. The summed E-state index contributed by atoms with van der Waals surface area (Å²) in [6, 6.07) is 0. The first kappa shape index (κ1) is 15.5. The second-order valence-corrected chi connectivity index (χ2v) is 5.56. The highest BCUT2D eigenvalue weighted by Gasteiger charge is 2.13. The lowest BCUT2D eigenvalue weighted by Crippen LogP contribution is -2.16. The van der Waals surface area contributed by atoms with Crippen molar-refractivity contribution < 1.29 is 4.79 Å². The summed E-state index contributed by atoms with van der Waals surface area (Å²) < 4.78 is 1.91. The van der Waals surface area contributed by atoms with Crippen LogP contribution in [0.3, 0.4) is 0 Å². The number of aryl methyl sites for hydroxylation is 3. The minimum absolute atomic E-state index is 0.104. The van der Waals surface area contributed by atoms with Crippen molar-refractivity contribution in [2.75, 3.05) is 17.6 Å². The van der Waals surface area contributed by atoms with Crippen molar-refractivity contribution in [3.05, 3.63) is 17.2 Å². The minimum Gasteiger partial charge on any atom is -0.329 e. The van der Waals surface area contributed by atoms with Gasteiger partial charge in [-0.1, -0.05) is 11.8 Å². The molecule has 21 heavy (non-hydrogen) atoms. The van der Waals surface area contributed by atoms with Crippen LogP contribution in [0.15, 0.2) is 5.16 Å². The summed E-state index contributed by atoms with van der Waals surface area (Å²) in [7, 11) is 0. The third-order valence-electron chi connectivity index (χ3n) is 2.98. The fourth-order valence-electron chi connectivity index (χ4n) is 1.90. The molecule has 0 saturated carbocycles. The lowest BCUT2D eigenvalue weighted by atomic mass is 10.3. The molecule has 0 bridgehead atoms. The Labute approximate surface area is 126 Å². The SMILES string of the molecule is Cc1n[nH]c(C)c1NC(=O)CSc1nnc(C)n1CCN. The van der Waals surface area contributed by atoms with E-state index in [1.54, 1.807) is 0 Å². The molecule has 0 radical (unpaired) electrons. The first-order chi connectivity index (χ1) is 10.0. The van der Waals surface area contributed by atoms with E-state index in [9.17, 15) is 4.79 Å². The van der Waals surface area contributed by atoms with Gasteiger partial charge >= 0.3 is 0 Å². The largest absolute Gasteiger partial charge is 0.329 e. The van der Waals surface area contributed by atoms with Crippen LogP contribution in [-0.4, -0.2) is 43.2 Å². The van der Waals surface area contributed by atoms with Crippen LogP contribution < -0.4 is 11.1 Å². The predicted molar refractivity (Wildman–Crippen MR) is 81.2 cm³/mol. The molecule has 2 aromatic heterocycles. The lowest BCUT2D eigenvalue weighted by Gasteiger charge is -2.07. The van der Waals surface area contributed by atoms with Crippen LogP contribution in [0.4, 0.5) is 5.69 Å². The van der Waals surface area contributed by atoms with Gasteiger partial charge in [-0.15, -0.1) is 10.2 Å². The second kappa shape index (κ2) is 6.72. The Balaban J connectivity index is 1.96. The zero-order valence-corrected chi connectivity index (χ0v) is 13.1. The van der Waals surface area contributed by atoms with Crippen molar-refractivity contribution in [2.24, 2.45) is 5.73 Å². The molecular weight excluding hydrogens is 290 g/mol. The van der Waals surface area contributed by atoms with Gasteiger partial charge in [0.15, 0.2) is 5.16 Å². The standard InChI is InChI=1S/C12H19N7OS/c1-7-11(8(2)16-15-7)14-10(20)6-21-12-18-17-9(3)19(12)5-4-13/h4-6,13H2,1-3H3,(H,14,20)(H,15,16). The van der Waals surface area contributed by atoms with Crippen molar-refractivity contribution in [2.45, 2.75) is 32.5 Å². The number of carbonyl (C=O) groups excluding carboxylic acids is 1. The number of amides is 1. The van der Waals surface area contributed by atoms with Crippen molar-refractivity contribution in [1.29, 1.82) is 0 Å². The highest BCUT2D eigenvalue weighted by Crippen LogP contribution is 2.19. The van der Waals surface area contributed by atoms with Gasteiger partial charge in [0.05, 0.1) is 22.8 Å². The number of carbonyl (C=O) groups is 1. The number of rotatable bonds is 6.